The van der Waals surface area contributed by atoms with Crippen LogP contribution >= 0.6 is 23.2 Å². The number of aromatic nitrogens is 2. The summed E-state index contributed by atoms with van der Waals surface area (Å²) in [5, 5.41) is 13.2. The van der Waals surface area contributed by atoms with E-state index in [1.54, 1.807) is 4.90 Å². The van der Waals surface area contributed by atoms with Crippen LogP contribution in [0.1, 0.15) is 57.8 Å². The minimum atomic E-state index is -1.30. The third-order valence-corrected chi connectivity index (χ3v) is 12.0. The SMILES string of the molecule is COc1ccc(F)c(C(=O)N2CCC3(CC2)Oc2cc(Cl)ccc2-n2cccc23)c1.COc1ccc(F)c(C(=O)O)c1.Clc1ccc2c(c1)OC1(CCNCC1)c1cccn1-2. The van der Waals surface area contributed by atoms with Crippen molar-refractivity contribution < 1.29 is 42.4 Å². The summed E-state index contributed by atoms with van der Waals surface area (Å²) in [6.45, 7) is 2.88. The van der Waals surface area contributed by atoms with Crippen LogP contribution < -0.4 is 24.3 Å². The molecular formula is C46H42Cl2F2N4O7. The minimum absolute atomic E-state index is 0.0235. The van der Waals surface area contributed by atoms with E-state index in [9.17, 15) is 18.4 Å². The quantitative estimate of drug-likeness (QED) is 0.180. The molecular weight excluding hydrogens is 829 g/mol. The number of methoxy groups -OCH3 is 2. The van der Waals surface area contributed by atoms with E-state index in [1.807, 2.05) is 48.7 Å². The number of halogens is 4. The number of nitrogens with zero attached hydrogens (tertiary/aromatic N) is 3. The highest BCUT2D eigenvalue weighted by Gasteiger charge is 2.45. The molecule has 4 aromatic carbocycles. The van der Waals surface area contributed by atoms with E-state index in [0.717, 1.165) is 71.7 Å². The molecule has 4 aliphatic rings. The number of carbonyl (C=O) groups excluding carboxylic acids is 1. The maximum Gasteiger partial charge on any atom is 0.338 e. The van der Waals surface area contributed by atoms with Crippen molar-refractivity contribution in [2.75, 3.05) is 40.4 Å². The Labute approximate surface area is 360 Å². The first-order chi connectivity index (χ1) is 29.4. The number of ether oxygens (including phenoxy) is 4. The molecule has 1 amide bonds. The highest BCUT2D eigenvalue weighted by molar-refractivity contribution is 6.31. The number of piperidine rings is 2. The number of benzene rings is 4. The summed E-state index contributed by atoms with van der Waals surface area (Å²) in [4.78, 5) is 25.0. The highest BCUT2D eigenvalue weighted by atomic mass is 35.5. The molecule has 0 unspecified atom stereocenters. The zero-order valence-electron chi connectivity index (χ0n) is 33.3. The molecule has 61 heavy (non-hydrogen) atoms. The molecule has 0 bridgehead atoms. The number of fused-ring (bicyclic) bond motifs is 8. The number of amides is 1. The number of hydrogen-bond acceptors (Lipinski definition) is 7. The Hall–Kier alpha value is -6.02. The largest absolute Gasteiger partial charge is 0.497 e. The van der Waals surface area contributed by atoms with Gasteiger partial charge in [0.25, 0.3) is 5.91 Å². The number of nitrogens with one attached hydrogen (secondary N) is 1. The zero-order chi connectivity index (χ0) is 42.9. The van der Waals surface area contributed by atoms with Crippen LogP contribution in [0.4, 0.5) is 8.78 Å². The van der Waals surface area contributed by atoms with Gasteiger partial charge in [-0.1, -0.05) is 23.2 Å². The van der Waals surface area contributed by atoms with Gasteiger partial charge in [0, 0.05) is 73.3 Å². The molecule has 2 spiro atoms. The third-order valence-electron chi connectivity index (χ3n) is 11.5. The number of carboxylic acid groups (broad SMARTS) is 1. The first-order valence-electron chi connectivity index (χ1n) is 19.7. The van der Waals surface area contributed by atoms with Gasteiger partial charge in [-0.15, -0.1) is 0 Å². The van der Waals surface area contributed by atoms with Gasteiger partial charge in [0.2, 0.25) is 0 Å². The fraction of sp³-hybridized carbons (Fsp3) is 0.261. The summed E-state index contributed by atoms with van der Waals surface area (Å²) >= 11 is 12.3. The molecule has 0 atom stereocenters. The smallest absolute Gasteiger partial charge is 0.338 e. The lowest BCUT2D eigenvalue weighted by molar-refractivity contribution is -0.00942. The molecule has 11 nitrogen and oxygen atoms in total. The Morgan fingerprint density at radius 3 is 1.64 bits per heavy atom. The lowest BCUT2D eigenvalue weighted by atomic mass is 9.86. The maximum atomic E-state index is 14.3. The molecule has 6 heterocycles. The molecule has 6 aromatic rings. The van der Waals surface area contributed by atoms with Crippen LogP contribution in [0.15, 0.2) is 109 Å². The van der Waals surface area contributed by atoms with Crippen LogP contribution in [0.25, 0.3) is 11.4 Å². The van der Waals surface area contributed by atoms with Crippen LogP contribution in [0.3, 0.4) is 0 Å². The number of rotatable bonds is 4. The predicted octanol–water partition coefficient (Wildman–Crippen LogP) is 9.44. The molecule has 0 aliphatic carbocycles. The van der Waals surface area contributed by atoms with Crippen LogP contribution in [0.2, 0.25) is 10.0 Å². The average Bonchev–Trinajstić information content (AvgIpc) is 3.98. The molecule has 0 radical (unpaired) electrons. The second-order valence-corrected chi connectivity index (χ2v) is 15.9. The molecule has 0 saturated carbocycles. The van der Waals surface area contributed by atoms with Gasteiger partial charge in [0.15, 0.2) is 11.2 Å². The molecule has 2 aromatic heterocycles. The Morgan fingerprint density at radius 1 is 0.672 bits per heavy atom. The minimum Gasteiger partial charge on any atom is -0.497 e. The van der Waals surface area contributed by atoms with Crippen molar-refractivity contribution in [3.05, 3.63) is 154 Å². The van der Waals surface area contributed by atoms with Crippen LogP contribution in [-0.2, 0) is 11.2 Å². The molecule has 316 valence electrons. The summed E-state index contributed by atoms with van der Waals surface area (Å²) < 4.78 is 54.1. The predicted molar refractivity (Wildman–Crippen MR) is 226 cm³/mol. The second kappa shape index (κ2) is 17.2. The van der Waals surface area contributed by atoms with Crippen molar-refractivity contribution in [2.45, 2.75) is 36.9 Å². The van der Waals surface area contributed by atoms with Crippen molar-refractivity contribution in [1.82, 2.24) is 19.4 Å². The highest BCUT2D eigenvalue weighted by Crippen LogP contribution is 2.47. The summed E-state index contributed by atoms with van der Waals surface area (Å²) in [5.41, 5.74) is 3.22. The Balaban J connectivity index is 0.000000141. The van der Waals surface area contributed by atoms with Crippen molar-refractivity contribution in [1.29, 1.82) is 0 Å². The lowest BCUT2D eigenvalue weighted by Gasteiger charge is -2.45. The fourth-order valence-corrected chi connectivity index (χ4v) is 8.69. The standard InChI is InChI=1S/C23H20ClFN2O3.C15H15ClN2O.C8H7FO3/c1-29-16-5-6-18(25)17(14-16)22(28)26-11-8-23(9-12-26)21-3-2-10-27(21)19-7-4-15(24)13-20(19)30-23;16-11-3-4-12-13(10-11)19-15(5-7-17-8-6-15)14-2-1-9-18(12)14;1-12-5-2-3-7(9)6(4-5)8(10)11/h2-7,10,13-14H,8-9,11-12H2,1H3;1-4,9-10,17H,5-8H2;2-4H,1H3,(H,10,11). The van der Waals surface area contributed by atoms with Crippen molar-refractivity contribution in [3.8, 4) is 34.4 Å². The topological polar surface area (TPSA) is 116 Å². The normalized spacial score (nSPS) is 16.1. The van der Waals surface area contributed by atoms with Gasteiger partial charge in [-0.05, 0) is 98.0 Å². The van der Waals surface area contributed by atoms with E-state index in [2.05, 4.69) is 38.8 Å². The van der Waals surface area contributed by atoms with Crippen LogP contribution in [0, 0.1) is 11.6 Å². The summed E-state index contributed by atoms with van der Waals surface area (Å²) in [7, 11) is 2.88. The van der Waals surface area contributed by atoms with Crippen molar-refractivity contribution in [3.63, 3.8) is 0 Å². The first-order valence-corrected chi connectivity index (χ1v) is 20.4. The molecule has 15 heteroatoms. The Kier molecular flexibility index (Phi) is 11.7. The summed E-state index contributed by atoms with van der Waals surface area (Å²) in [6, 6.07) is 27.5. The van der Waals surface area contributed by atoms with E-state index >= 15 is 0 Å². The molecule has 10 rings (SSSR count). The van der Waals surface area contributed by atoms with E-state index in [0.29, 0.717) is 42.5 Å². The van der Waals surface area contributed by atoms with Gasteiger partial charge in [-0.25, -0.2) is 13.6 Å². The zero-order valence-corrected chi connectivity index (χ0v) is 34.8. The van der Waals surface area contributed by atoms with Gasteiger partial charge in [-0.3, -0.25) is 4.79 Å². The molecule has 2 N–H and O–H groups in total. The Bertz CT molecular complexity index is 2600. The van der Waals surface area contributed by atoms with E-state index in [1.165, 1.54) is 44.2 Å². The second-order valence-electron chi connectivity index (χ2n) is 15.0. The van der Waals surface area contributed by atoms with E-state index in [4.69, 9.17) is 47.3 Å². The van der Waals surface area contributed by atoms with Gasteiger partial charge in [-0.2, -0.15) is 0 Å². The Morgan fingerprint density at radius 2 is 1.15 bits per heavy atom. The monoisotopic (exact) mass is 870 g/mol. The van der Waals surface area contributed by atoms with Crippen LogP contribution in [-0.4, -0.2) is 71.4 Å². The first kappa shape index (κ1) is 41.7. The molecule has 2 saturated heterocycles. The number of hydrogen-bond donors (Lipinski definition) is 2. The maximum absolute atomic E-state index is 14.3. The summed E-state index contributed by atoms with van der Waals surface area (Å²) in [6.07, 6.45) is 7.29. The number of carboxylic acids is 1. The molecule has 2 fully saturated rings. The number of carbonyl (C=O) groups is 2. The van der Waals surface area contributed by atoms with E-state index < -0.39 is 23.2 Å². The number of likely N-dealkylation sites (tertiary alicyclic amines) is 1. The average molecular weight is 872 g/mol. The van der Waals surface area contributed by atoms with Crippen molar-refractivity contribution in [2.24, 2.45) is 0 Å². The van der Waals surface area contributed by atoms with Gasteiger partial charge in [0.1, 0.15) is 34.6 Å². The van der Waals surface area contributed by atoms with Crippen LogP contribution in [0.5, 0.6) is 23.0 Å². The number of aromatic carboxylic acids is 1. The van der Waals surface area contributed by atoms with Gasteiger partial charge >= 0.3 is 5.97 Å². The van der Waals surface area contributed by atoms with Gasteiger partial charge < -0.3 is 43.4 Å². The summed E-state index contributed by atoms with van der Waals surface area (Å²) in [5.74, 6) is -0.551. The third kappa shape index (κ3) is 8.13. The fourth-order valence-electron chi connectivity index (χ4n) is 8.37. The van der Waals surface area contributed by atoms with Crippen molar-refractivity contribution >= 4 is 35.1 Å². The van der Waals surface area contributed by atoms with Gasteiger partial charge in [0.05, 0.1) is 48.1 Å². The van der Waals surface area contributed by atoms with E-state index in [-0.39, 0.29) is 22.6 Å². The molecule has 4 aliphatic heterocycles. The lowest BCUT2D eigenvalue weighted by Crippen LogP contribution is -2.50.